The van der Waals surface area contributed by atoms with Gasteiger partial charge < -0.3 is 4.84 Å². The Bertz CT molecular complexity index is 204. The van der Waals surface area contributed by atoms with Gasteiger partial charge in [-0.25, -0.2) is 4.79 Å². The first kappa shape index (κ1) is 15.4. The highest BCUT2D eigenvalue weighted by molar-refractivity contribution is 5.85. The van der Waals surface area contributed by atoms with Gasteiger partial charge in [-0.15, -0.1) is 30.6 Å². The van der Waals surface area contributed by atoms with E-state index in [9.17, 15) is 4.79 Å². The maximum absolute atomic E-state index is 11.0. The van der Waals surface area contributed by atoms with E-state index in [1.165, 1.54) is 11.1 Å². The van der Waals surface area contributed by atoms with Crippen LogP contribution < -0.4 is 0 Å². The fourth-order valence-corrected chi connectivity index (χ4v) is 0.731. The SMILES string of the molecule is C=CCN(CC=C)OC(=O)/C=C/C.Cl. The molecule has 0 spiro atoms. The predicted octanol–water partition coefficient (Wildman–Crippen LogP) is 2.12. The van der Waals surface area contributed by atoms with Crippen molar-refractivity contribution in [1.29, 1.82) is 0 Å². The molecule has 0 aromatic heterocycles. The fourth-order valence-electron chi connectivity index (χ4n) is 0.731. The first-order valence-electron chi connectivity index (χ1n) is 4.06. The minimum absolute atomic E-state index is 0. The van der Waals surface area contributed by atoms with Gasteiger partial charge in [-0.3, -0.25) is 0 Å². The zero-order valence-electron chi connectivity index (χ0n) is 8.31. The Morgan fingerprint density at radius 2 is 1.86 bits per heavy atom. The first-order valence-corrected chi connectivity index (χ1v) is 4.06. The van der Waals surface area contributed by atoms with Crippen LogP contribution in [0.1, 0.15) is 6.92 Å². The molecule has 0 aliphatic heterocycles. The Kier molecular flexibility index (Phi) is 11.0. The van der Waals surface area contributed by atoms with Gasteiger partial charge in [0.1, 0.15) is 0 Å². The van der Waals surface area contributed by atoms with Gasteiger partial charge in [0.25, 0.3) is 0 Å². The van der Waals surface area contributed by atoms with E-state index in [0.717, 1.165) is 0 Å². The molecular formula is C10H16ClNO2. The normalized spacial score (nSPS) is 9.57. The Hall–Kier alpha value is -1.06. The van der Waals surface area contributed by atoms with Gasteiger partial charge >= 0.3 is 5.97 Å². The van der Waals surface area contributed by atoms with Crippen LogP contribution in [0, 0.1) is 0 Å². The van der Waals surface area contributed by atoms with Gasteiger partial charge in [-0.05, 0) is 6.92 Å². The summed E-state index contributed by atoms with van der Waals surface area (Å²) in [6.07, 6.45) is 6.31. The highest BCUT2D eigenvalue weighted by Gasteiger charge is 2.04. The van der Waals surface area contributed by atoms with Crippen LogP contribution in [0.3, 0.4) is 0 Å². The average molecular weight is 218 g/mol. The molecule has 0 N–H and O–H groups in total. The van der Waals surface area contributed by atoms with Gasteiger partial charge in [0.15, 0.2) is 0 Å². The van der Waals surface area contributed by atoms with Crippen LogP contribution in [0.4, 0.5) is 0 Å². The zero-order valence-corrected chi connectivity index (χ0v) is 9.13. The van der Waals surface area contributed by atoms with Gasteiger partial charge in [-0.1, -0.05) is 18.2 Å². The van der Waals surface area contributed by atoms with Crippen molar-refractivity contribution in [3.63, 3.8) is 0 Å². The minimum Gasteiger partial charge on any atom is -0.364 e. The van der Waals surface area contributed by atoms with Crippen LogP contribution in [-0.4, -0.2) is 24.1 Å². The number of hydrogen-bond acceptors (Lipinski definition) is 3. The molecule has 80 valence electrons. The van der Waals surface area contributed by atoms with Crippen LogP contribution in [0.5, 0.6) is 0 Å². The summed E-state index contributed by atoms with van der Waals surface area (Å²) in [6, 6.07) is 0. The number of allylic oxidation sites excluding steroid dienone is 1. The summed E-state index contributed by atoms with van der Waals surface area (Å²) >= 11 is 0. The smallest absolute Gasteiger partial charge is 0.349 e. The molecule has 0 heterocycles. The summed E-state index contributed by atoms with van der Waals surface area (Å²) < 4.78 is 0. The molecule has 0 amide bonds. The lowest BCUT2D eigenvalue weighted by Crippen LogP contribution is -2.26. The molecule has 0 saturated carbocycles. The molecular weight excluding hydrogens is 202 g/mol. The topological polar surface area (TPSA) is 29.5 Å². The van der Waals surface area contributed by atoms with Crippen molar-refractivity contribution in [3.8, 4) is 0 Å². The van der Waals surface area contributed by atoms with Gasteiger partial charge in [0, 0.05) is 6.08 Å². The third-order valence-electron chi connectivity index (χ3n) is 1.19. The first-order chi connectivity index (χ1) is 6.24. The molecule has 0 radical (unpaired) electrons. The van der Waals surface area contributed by atoms with E-state index >= 15 is 0 Å². The minimum atomic E-state index is -0.383. The van der Waals surface area contributed by atoms with Crippen LogP contribution in [0.15, 0.2) is 37.5 Å². The molecule has 0 atom stereocenters. The Morgan fingerprint density at radius 3 is 2.21 bits per heavy atom. The number of hydroxylamine groups is 2. The lowest BCUT2D eigenvalue weighted by atomic mass is 10.5. The summed E-state index contributed by atoms with van der Waals surface area (Å²) in [5, 5.41) is 1.47. The molecule has 0 aromatic carbocycles. The predicted molar refractivity (Wildman–Crippen MR) is 60.1 cm³/mol. The molecule has 14 heavy (non-hydrogen) atoms. The van der Waals surface area contributed by atoms with Crippen molar-refractivity contribution in [2.24, 2.45) is 0 Å². The third kappa shape index (κ3) is 7.58. The monoisotopic (exact) mass is 217 g/mol. The van der Waals surface area contributed by atoms with E-state index in [4.69, 9.17) is 4.84 Å². The quantitative estimate of drug-likeness (QED) is 0.388. The van der Waals surface area contributed by atoms with Crippen molar-refractivity contribution in [2.75, 3.05) is 13.1 Å². The summed E-state index contributed by atoms with van der Waals surface area (Å²) in [6.45, 7) is 9.85. The van der Waals surface area contributed by atoms with Crippen molar-refractivity contribution in [3.05, 3.63) is 37.5 Å². The number of hydrogen-bond donors (Lipinski definition) is 0. The van der Waals surface area contributed by atoms with Crippen molar-refractivity contribution in [1.82, 2.24) is 5.06 Å². The van der Waals surface area contributed by atoms with E-state index in [-0.39, 0.29) is 18.4 Å². The largest absolute Gasteiger partial charge is 0.364 e. The summed E-state index contributed by atoms with van der Waals surface area (Å²) in [5.41, 5.74) is 0. The highest BCUT2D eigenvalue weighted by atomic mass is 35.5. The van der Waals surface area contributed by atoms with E-state index in [2.05, 4.69) is 13.2 Å². The fraction of sp³-hybridized carbons (Fsp3) is 0.300. The van der Waals surface area contributed by atoms with Crippen molar-refractivity contribution < 1.29 is 9.63 Å². The lowest BCUT2D eigenvalue weighted by molar-refractivity contribution is -0.178. The summed E-state index contributed by atoms with van der Waals surface area (Å²) in [5.74, 6) is -0.383. The number of halogens is 1. The van der Waals surface area contributed by atoms with E-state index in [1.54, 1.807) is 25.2 Å². The molecule has 0 fully saturated rings. The van der Waals surface area contributed by atoms with E-state index in [0.29, 0.717) is 13.1 Å². The van der Waals surface area contributed by atoms with Crippen molar-refractivity contribution in [2.45, 2.75) is 6.92 Å². The molecule has 0 aromatic rings. The van der Waals surface area contributed by atoms with E-state index in [1.807, 2.05) is 0 Å². The Labute approximate surface area is 91.1 Å². The van der Waals surface area contributed by atoms with Crippen LogP contribution in [-0.2, 0) is 9.63 Å². The summed E-state index contributed by atoms with van der Waals surface area (Å²) in [4.78, 5) is 15.9. The average Bonchev–Trinajstić information content (AvgIpc) is 2.05. The molecule has 0 aliphatic carbocycles. The molecule has 4 heteroatoms. The maximum atomic E-state index is 11.0. The standard InChI is InChI=1S/C10H15NO2.ClH/c1-4-7-10(12)13-11(8-5-2)9-6-3;/h4-7H,2-3,8-9H2,1H3;1H/b7-4+;. The second kappa shape index (κ2) is 10.0. The summed E-state index contributed by atoms with van der Waals surface area (Å²) in [7, 11) is 0. The maximum Gasteiger partial charge on any atom is 0.349 e. The second-order valence-corrected chi connectivity index (χ2v) is 2.33. The van der Waals surface area contributed by atoms with Crippen LogP contribution in [0.2, 0.25) is 0 Å². The molecule has 3 nitrogen and oxygen atoms in total. The Morgan fingerprint density at radius 1 is 1.36 bits per heavy atom. The zero-order chi connectivity index (χ0) is 10.1. The molecule has 0 saturated heterocycles. The second-order valence-electron chi connectivity index (χ2n) is 2.33. The number of carbonyl (C=O) groups is 1. The third-order valence-corrected chi connectivity index (χ3v) is 1.19. The lowest BCUT2D eigenvalue weighted by Gasteiger charge is -2.16. The van der Waals surface area contributed by atoms with Gasteiger partial charge in [0.2, 0.25) is 0 Å². The molecule has 0 rings (SSSR count). The van der Waals surface area contributed by atoms with E-state index < -0.39 is 0 Å². The van der Waals surface area contributed by atoms with Crippen LogP contribution in [0.25, 0.3) is 0 Å². The van der Waals surface area contributed by atoms with Crippen LogP contribution >= 0.6 is 12.4 Å². The van der Waals surface area contributed by atoms with Gasteiger partial charge in [0.05, 0.1) is 13.1 Å². The number of rotatable bonds is 6. The number of nitrogens with zero attached hydrogens (tertiary/aromatic N) is 1. The number of carbonyl (C=O) groups excluding carboxylic acids is 1. The van der Waals surface area contributed by atoms with Gasteiger partial charge in [-0.2, -0.15) is 0 Å². The van der Waals surface area contributed by atoms with Crippen molar-refractivity contribution >= 4 is 18.4 Å². The molecule has 0 aliphatic rings. The molecule has 0 unspecified atom stereocenters. The molecule has 0 bridgehead atoms. The highest BCUT2D eigenvalue weighted by Crippen LogP contribution is 1.93. The Balaban J connectivity index is 0.